The van der Waals surface area contributed by atoms with Crippen LogP contribution in [-0.2, 0) is 20.2 Å². The molecule has 0 aliphatic carbocycles. The van der Waals surface area contributed by atoms with E-state index in [0.717, 1.165) is 22.0 Å². The number of fused-ring (bicyclic) bond motifs is 1. The highest BCUT2D eigenvalue weighted by Crippen LogP contribution is 2.27. The zero-order valence-electron chi connectivity index (χ0n) is 11.9. The molecule has 0 spiro atoms. The Labute approximate surface area is 123 Å². The highest BCUT2D eigenvalue weighted by molar-refractivity contribution is 5.84. The van der Waals surface area contributed by atoms with E-state index in [4.69, 9.17) is 10.5 Å². The van der Waals surface area contributed by atoms with Crippen LogP contribution in [0, 0.1) is 0 Å². The number of hydrogen-bond acceptors (Lipinski definition) is 3. The Kier molecular flexibility index (Phi) is 3.54. The van der Waals surface area contributed by atoms with Crippen LogP contribution in [0.3, 0.4) is 0 Å². The van der Waals surface area contributed by atoms with Gasteiger partial charge in [-0.2, -0.15) is 0 Å². The van der Waals surface area contributed by atoms with Crippen LogP contribution >= 0.6 is 0 Å². The zero-order valence-corrected chi connectivity index (χ0v) is 11.9. The number of para-hydroxylation sites is 2. The third-order valence-electron chi connectivity index (χ3n) is 3.62. The van der Waals surface area contributed by atoms with Crippen molar-refractivity contribution in [3.05, 3.63) is 59.8 Å². The first-order valence-electron chi connectivity index (χ1n) is 6.86. The van der Waals surface area contributed by atoms with Crippen LogP contribution < -0.4 is 10.5 Å². The number of hydrogen-bond donors (Lipinski definition) is 2. The molecule has 108 valence electrons. The Bertz CT molecular complexity index is 778. The minimum atomic E-state index is 0.156. The van der Waals surface area contributed by atoms with Crippen molar-refractivity contribution in [2.24, 2.45) is 12.8 Å². The molecule has 0 radical (unpaired) electrons. The van der Waals surface area contributed by atoms with E-state index in [1.165, 1.54) is 0 Å². The van der Waals surface area contributed by atoms with E-state index in [1.807, 2.05) is 25.4 Å². The standard InChI is InChI=1S/C17H18N2O2/c1-19-10-13(11-21-17-5-3-2-4-16(17)20)14-7-6-12(9-18)8-15(14)19/h2-8,10,20H,9,11,18H2,1H3. The lowest BCUT2D eigenvalue weighted by molar-refractivity contribution is 0.290. The molecule has 0 saturated heterocycles. The van der Waals surface area contributed by atoms with Gasteiger partial charge in [0.15, 0.2) is 11.5 Å². The summed E-state index contributed by atoms with van der Waals surface area (Å²) in [5.74, 6) is 0.649. The number of rotatable bonds is 4. The molecule has 0 aliphatic heterocycles. The first-order chi connectivity index (χ1) is 10.2. The molecule has 1 heterocycles. The zero-order chi connectivity index (χ0) is 14.8. The SMILES string of the molecule is Cn1cc(COc2ccccc2O)c2ccc(CN)cc21. The third kappa shape index (κ3) is 2.58. The van der Waals surface area contributed by atoms with E-state index in [0.29, 0.717) is 18.9 Å². The highest BCUT2D eigenvalue weighted by atomic mass is 16.5. The van der Waals surface area contributed by atoms with Gasteiger partial charge in [0.1, 0.15) is 6.61 Å². The van der Waals surface area contributed by atoms with Gasteiger partial charge in [-0.1, -0.05) is 24.3 Å². The van der Waals surface area contributed by atoms with Gasteiger partial charge in [0.05, 0.1) is 0 Å². The molecule has 0 aliphatic rings. The molecule has 0 amide bonds. The minimum Gasteiger partial charge on any atom is -0.504 e. The van der Waals surface area contributed by atoms with Crippen molar-refractivity contribution in [1.29, 1.82) is 0 Å². The molecule has 0 fully saturated rings. The minimum absolute atomic E-state index is 0.156. The van der Waals surface area contributed by atoms with Gasteiger partial charge in [0.2, 0.25) is 0 Å². The first-order valence-corrected chi connectivity index (χ1v) is 6.86. The summed E-state index contributed by atoms with van der Waals surface area (Å²) in [5, 5.41) is 10.9. The van der Waals surface area contributed by atoms with E-state index in [1.54, 1.807) is 18.2 Å². The predicted octanol–water partition coefficient (Wildman–Crippen LogP) is 2.92. The first kappa shape index (κ1) is 13.5. The van der Waals surface area contributed by atoms with Crippen LogP contribution in [0.15, 0.2) is 48.7 Å². The average molecular weight is 282 g/mol. The van der Waals surface area contributed by atoms with Crippen LogP contribution in [0.4, 0.5) is 0 Å². The van der Waals surface area contributed by atoms with E-state index >= 15 is 0 Å². The van der Waals surface area contributed by atoms with Crippen LogP contribution in [0.5, 0.6) is 11.5 Å². The van der Waals surface area contributed by atoms with E-state index in [2.05, 4.69) is 16.7 Å². The number of phenolic OH excluding ortho intramolecular Hbond substituents is 1. The van der Waals surface area contributed by atoms with Gasteiger partial charge in [-0.05, 0) is 23.8 Å². The monoisotopic (exact) mass is 282 g/mol. The summed E-state index contributed by atoms with van der Waals surface area (Å²) < 4.78 is 7.78. The molecule has 21 heavy (non-hydrogen) atoms. The number of nitrogens with two attached hydrogens (primary N) is 1. The number of phenols is 1. The average Bonchev–Trinajstić information content (AvgIpc) is 2.82. The second-order valence-electron chi connectivity index (χ2n) is 5.08. The van der Waals surface area contributed by atoms with Crippen molar-refractivity contribution in [2.75, 3.05) is 0 Å². The number of nitrogens with zero attached hydrogens (tertiary/aromatic N) is 1. The van der Waals surface area contributed by atoms with Crippen molar-refractivity contribution in [3.8, 4) is 11.5 Å². The van der Waals surface area contributed by atoms with Crippen LogP contribution in [0.1, 0.15) is 11.1 Å². The van der Waals surface area contributed by atoms with Crippen LogP contribution in [0.2, 0.25) is 0 Å². The van der Waals surface area contributed by atoms with Crippen LogP contribution in [0.25, 0.3) is 10.9 Å². The van der Waals surface area contributed by atoms with Gasteiger partial charge >= 0.3 is 0 Å². The molecular formula is C17H18N2O2. The fourth-order valence-electron chi connectivity index (χ4n) is 2.49. The normalized spacial score (nSPS) is 11.0. The van der Waals surface area contributed by atoms with Gasteiger partial charge in [0.25, 0.3) is 0 Å². The molecule has 4 nitrogen and oxygen atoms in total. The fourth-order valence-corrected chi connectivity index (χ4v) is 2.49. The molecule has 1 aromatic heterocycles. The molecule has 3 rings (SSSR count). The molecule has 0 bridgehead atoms. The molecule has 4 heteroatoms. The summed E-state index contributed by atoms with van der Waals surface area (Å²) in [7, 11) is 2.01. The number of ether oxygens (including phenoxy) is 1. The maximum absolute atomic E-state index is 9.73. The number of aromatic hydroxyl groups is 1. The molecule has 3 aromatic rings. The van der Waals surface area contributed by atoms with Gasteiger partial charge in [-0.25, -0.2) is 0 Å². The Morgan fingerprint density at radius 3 is 2.76 bits per heavy atom. The van der Waals surface area contributed by atoms with Crippen molar-refractivity contribution in [3.63, 3.8) is 0 Å². The summed E-state index contributed by atoms with van der Waals surface area (Å²) in [4.78, 5) is 0. The Hall–Kier alpha value is -2.46. The second-order valence-corrected chi connectivity index (χ2v) is 5.08. The van der Waals surface area contributed by atoms with Crippen molar-refractivity contribution in [2.45, 2.75) is 13.2 Å². The summed E-state index contributed by atoms with van der Waals surface area (Å²) in [6.07, 6.45) is 2.05. The molecule has 0 unspecified atom stereocenters. The smallest absolute Gasteiger partial charge is 0.161 e. The van der Waals surface area contributed by atoms with Crippen molar-refractivity contribution < 1.29 is 9.84 Å². The quantitative estimate of drug-likeness (QED) is 0.773. The Morgan fingerprint density at radius 1 is 1.19 bits per heavy atom. The summed E-state index contributed by atoms with van der Waals surface area (Å²) >= 11 is 0. The van der Waals surface area contributed by atoms with Gasteiger partial charge in [-0.3, -0.25) is 0 Å². The second kappa shape index (κ2) is 5.50. The van der Waals surface area contributed by atoms with Gasteiger partial charge in [0, 0.05) is 36.3 Å². The largest absolute Gasteiger partial charge is 0.504 e. The van der Waals surface area contributed by atoms with E-state index in [-0.39, 0.29) is 5.75 Å². The topological polar surface area (TPSA) is 60.4 Å². The Balaban J connectivity index is 1.89. The van der Waals surface area contributed by atoms with Gasteiger partial charge in [-0.15, -0.1) is 0 Å². The summed E-state index contributed by atoms with van der Waals surface area (Å²) in [6, 6.07) is 13.2. The summed E-state index contributed by atoms with van der Waals surface area (Å²) in [6.45, 7) is 0.946. The van der Waals surface area contributed by atoms with Gasteiger partial charge < -0.3 is 20.1 Å². The molecular weight excluding hydrogens is 264 g/mol. The molecule has 2 aromatic carbocycles. The lowest BCUT2D eigenvalue weighted by Gasteiger charge is -2.07. The predicted molar refractivity (Wildman–Crippen MR) is 83.2 cm³/mol. The lowest BCUT2D eigenvalue weighted by atomic mass is 10.1. The number of benzene rings is 2. The Morgan fingerprint density at radius 2 is 2.00 bits per heavy atom. The van der Waals surface area contributed by atoms with Crippen molar-refractivity contribution in [1.82, 2.24) is 4.57 Å². The third-order valence-corrected chi connectivity index (χ3v) is 3.62. The molecule has 0 saturated carbocycles. The van der Waals surface area contributed by atoms with E-state index in [9.17, 15) is 5.11 Å². The lowest BCUT2D eigenvalue weighted by Crippen LogP contribution is -1.96. The molecule has 0 atom stereocenters. The maximum atomic E-state index is 9.73. The molecule has 3 N–H and O–H groups in total. The van der Waals surface area contributed by atoms with Crippen LogP contribution in [-0.4, -0.2) is 9.67 Å². The van der Waals surface area contributed by atoms with E-state index < -0.39 is 0 Å². The number of aryl methyl sites for hydroxylation is 1. The fraction of sp³-hybridized carbons (Fsp3) is 0.176. The van der Waals surface area contributed by atoms with Crippen molar-refractivity contribution >= 4 is 10.9 Å². The maximum Gasteiger partial charge on any atom is 0.161 e. The summed E-state index contributed by atoms with van der Waals surface area (Å²) in [5.41, 5.74) is 9.01. The highest BCUT2D eigenvalue weighted by Gasteiger charge is 2.09. The number of aromatic nitrogens is 1.